The molecule has 22 heavy (non-hydrogen) atoms. The van der Waals surface area contributed by atoms with Crippen LogP contribution in [0.1, 0.15) is 26.3 Å². The summed E-state index contributed by atoms with van der Waals surface area (Å²) < 4.78 is 5.21. The van der Waals surface area contributed by atoms with Crippen LogP contribution in [0.5, 0.6) is 5.75 Å². The monoisotopic (exact) mass is 299 g/mol. The molecule has 0 aliphatic heterocycles. The van der Waals surface area contributed by atoms with Crippen molar-refractivity contribution in [1.82, 2.24) is 5.32 Å². The first-order chi connectivity index (χ1) is 10.3. The molecule has 0 saturated heterocycles. The van der Waals surface area contributed by atoms with Crippen LogP contribution in [-0.4, -0.2) is 16.8 Å². The average molecular weight is 299 g/mol. The predicted molar refractivity (Wildman–Crippen MR) is 86.6 cm³/mol. The molecule has 0 spiro atoms. The van der Waals surface area contributed by atoms with Gasteiger partial charge in [-0.25, -0.2) is 4.79 Å². The Morgan fingerprint density at radius 3 is 2.36 bits per heavy atom. The second-order valence-corrected chi connectivity index (χ2v) is 6.11. The summed E-state index contributed by atoms with van der Waals surface area (Å²) >= 11 is 0. The van der Waals surface area contributed by atoms with Crippen LogP contribution in [0, 0.1) is 0 Å². The number of carbonyl (C=O) groups excluding carboxylic acids is 1. The van der Waals surface area contributed by atoms with Crippen molar-refractivity contribution in [3.8, 4) is 16.9 Å². The van der Waals surface area contributed by atoms with Crippen molar-refractivity contribution in [2.45, 2.75) is 32.9 Å². The van der Waals surface area contributed by atoms with Crippen molar-refractivity contribution in [2.75, 3.05) is 0 Å². The standard InChI is InChI=1S/C18H21NO3/c1-18(2,3)22-17(21)19-12-13-6-4-7-14(10-13)15-8-5-9-16(20)11-15/h4-11,20H,12H2,1-3H3,(H,19,21). The van der Waals surface area contributed by atoms with Gasteiger partial charge in [-0.2, -0.15) is 0 Å². The highest BCUT2D eigenvalue weighted by molar-refractivity contribution is 5.68. The summed E-state index contributed by atoms with van der Waals surface area (Å²) in [7, 11) is 0. The van der Waals surface area contributed by atoms with E-state index in [0.29, 0.717) is 6.54 Å². The minimum Gasteiger partial charge on any atom is -0.508 e. The van der Waals surface area contributed by atoms with Crippen LogP contribution in [0.2, 0.25) is 0 Å². The zero-order valence-corrected chi connectivity index (χ0v) is 13.1. The lowest BCUT2D eigenvalue weighted by Gasteiger charge is -2.19. The minimum absolute atomic E-state index is 0.231. The van der Waals surface area contributed by atoms with E-state index in [1.807, 2.05) is 51.1 Å². The van der Waals surface area contributed by atoms with E-state index in [2.05, 4.69) is 5.32 Å². The molecule has 2 N–H and O–H groups in total. The quantitative estimate of drug-likeness (QED) is 0.897. The summed E-state index contributed by atoms with van der Waals surface area (Å²) in [6.45, 7) is 5.88. The maximum Gasteiger partial charge on any atom is 0.407 e. The van der Waals surface area contributed by atoms with Crippen molar-refractivity contribution < 1.29 is 14.6 Å². The largest absolute Gasteiger partial charge is 0.508 e. The highest BCUT2D eigenvalue weighted by Crippen LogP contribution is 2.23. The van der Waals surface area contributed by atoms with E-state index in [9.17, 15) is 9.90 Å². The van der Waals surface area contributed by atoms with Crippen LogP contribution in [0.3, 0.4) is 0 Å². The van der Waals surface area contributed by atoms with Crippen LogP contribution < -0.4 is 5.32 Å². The molecular formula is C18H21NO3. The van der Waals surface area contributed by atoms with Gasteiger partial charge in [-0.05, 0) is 55.7 Å². The number of phenolic OH excluding ortho intramolecular Hbond substituents is 1. The smallest absolute Gasteiger partial charge is 0.407 e. The molecule has 2 rings (SSSR count). The molecule has 0 atom stereocenters. The lowest BCUT2D eigenvalue weighted by atomic mass is 10.0. The fraction of sp³-hybridized carbons (Fsp3) is 0.278. The van der Waals surface area contributed by atoms with E-state index in [0.717, 1.165) is 16.7 Å². The fourth-order valence-corrected chi connectivity index (χ4v) is 2.03. The van der Waals surface area contributed by atoms with E-state index >= 15 is 0 Å². The van der Waals surface area contributed by atoms with Crippen molar-refractivity contribution in [3.63, 3.8) is 0 Å². The summed E-state index contributed by atoms with van der Waals surface area (Å²) in [4.78, 5) is 11.7. The molecule has 116 valence electrons. The van der Waals surface area contributed by atoms with Gasteiger partial charge >= 0.3 is 6.09 Å². The van der Waals surface area contributed by atoms with E-state index < -0.39 is 11.7 Å². The number of nitrogens with one attached hydrogen (secondary N) is 1. The molecule has 0 heterocycles. The third-order valence-corrected chi connectivity index (χ3v) is 2.94. The van der Waals surface area contributed by atoms with Gasteiger partial charge in [0, 0.05) is 6.54 Å². The van der Waals surface area contributed by atoms with Crippen molar-refractivity contribution in [2.24, 2.45) is 0 Å². The van der Waals surface area contributed by atoms with Crippen molar-refractivity contribution in [3.05, 3.63) is 54.1 Å². The summed E-state index contributed by atoms with van der Waals surface area (Å²) in [6, 6.07) is 14.9. The van der Waals surface area contributed by atoms with Gasteiger partial charge in [0.1, 0.15) is 11.4 Å². The van der Waals surface area contributed by atoms with Gasteiger partial charge in [0.05, 0.1) is 0 Å². The van der Waals surface area contributed by atoms with E-state index in [1.54, 1.807) is 18.2 Å². The molecule has 0 aliphatic rings. The minimum atomic E-state index is -0.506. The number of hydrogen-bond donors (Lipinski definition) is 2. The van der Waals surface area contributed by atoms with Gasteiger partial charge in [-0.15, -0.1) is 0 Å². The Morgan fingerprint density at radius 1 is 1.09 bits per heavy atom. The number of carbonyl (C=O) groups is 1. The summed E-state index contributed by atoms with van der Waals surface area (Å²) in [5.74, 6) is 0.231. The zero-order valence-electron chi connectivity index (χ0n) is 13.1. The Labute approximate surface area is 130 Å². The molecule has 0 unspecified atom stereocenters. The topological polar surface area (TPSA) is 58.6 Å². The molecule has 0 aliphatic carbocycles. The Kier molecular flexibility index (Phi) is 4.71. The van der Waals surface area contributed by atoms with Crippen molar-refractivity contribution in [1.29, 1.82) is 0 Å². The molecule has 2 aromatic rings. The molecule has 0 radical (unpaired) electrons. The van der Waals surface area contributed by atoms with Crippen LogP contribution >= 0.6 is 0 Å². The maximum atomic E-state index is 11.7. The first-order valence-electron chi connectivity index (χ1n) is 7.19. The number of rotatable bonds is 3. The third kappa shape index (κ3) is 4.81. The molecule has 2 aromatic carbocycles. The predicted octanol–water partition coefficient (Wildman–Crippen LogP) is 4.08. The maximum absolute atomic E-state index is 11.7. The average Bonchev–Trinajstić information content (AvgIpc) is 2.44. The van der Waals surface area contributed by atoms with Crippen LogP contribution in [0.25, 0.3) is 11.1 Å². The molecule has 4 heteroatoms. The first-order valence-corrected chi connectivity index (χ1v) is 7.19. The van der Waals surface area contributed by atoms with Crippen molar-refractivity contribution >= 4 is 6.09 Å². The van der Waals surface area contributed by atoms with Crippen LogP contribution in [0.4, 0.5) is 4.79 Å². The van der Waals surface area contributed by atoms with Gasteiger partial charge in [0.15, 0.2) is 0 Å². The Balaban J connectivity index is 2.05. The van der Waals surface area contributed by atoms with Gasteiger partial charge < -0.3 is 15.2 Å². The lowest BCUT2D eigenvalue weighted by molar-refractivity contribution is 0.0523. The number of amides is 1. The third-order valence-electron chi connectivity index (χ3n) is 2.94. The van der Waals surface area contributed by atoms with E-state index in [1.165, 1.54) is 0 Å². The van der Waals surface area contributed by atoms with E-state index in [-0.39, 0.29) is 5.75 Å². The van der Waals surface area contributed by atoms with Gasteiger partial charge in [0.25, 0.3) is 0 Å². The molecule has 1 amide bonds. The second-order valence-electron chi connectivity index (χ2n) is 6.11. The number of ether oxygens (including phenoxy) is 1. The number of alkyl carbamates (subject to hydrolysis) is 1. The number of benzene rings is 2. The lowest BCUT2D eigenvalue weighted by Crippen LogP contribution is -2.32. The summed E-state index contributed by atoms with van der Waals surface area (Å²) in [5.41, 5.74) is 2.37. The molecule has 0 bridgehead atoms. The van der Waals surface area contributed by atoms with Crippen LogP contribution in [-0.2, 0) is 11.3 Å². The zero-order chi connectivity index (χ0) is 16.2. The van der Waals surface area contributed by atoms with E-state index in [4.69, 9.17) is 4.74 Å². The van der Waals surface area contributed by atoms with Gasteiger partial charge in [0.2, 0.25) is 0 Å². The highest BCUT2D eigenvalue weighted by Gasteiger charge is 2.15. The Bertz CT molecular complexity index is 659. The molecule has 0 aromatic heterocycles. The Morgan fingerprint density at radius 2 is 1.73 bits per heavy atom. The number of hydrogen-bond acceptors (Lipinski definition) is 3. The molecule has 4 nitrogen and oxygen atoms in total. The molecular weight excluding hydrogens is 278 g/mol. The number of aromatic hydroxyl groups is 1. The summed E-state index contributed by atoms with van der Waals surface area (Å²) in [6.07, 6.45) is -0.435. The molecule has 0 saturated carbocycles. The fourth-order valence-electron chi connectivity index (χ4n) is 2.03. The second kappa shape index (κ2) is 6.52. The van der Waals surface area contributed by atoms with Gasteiger partial charge in [-0.1, -0.05) is 30.3 Å². The first kappa shape index (κ1) is 15.9. The SMILES string of the molecule is CC(C)(C)OC(=O)NCc1cccc(-c2cccc(O)c2)c1. The summed E-state index contributed by atoms with van der Waals surface area (Å²) in [5, 5.41) is 12.3. The Hall–Kier alpha value is -2.49. The normalized spacial score (nSPS) is 11.0. The number of phenols is 1. The highest BCUT2D eigenvalue weighted by atomic mass is 16.6. The van der Waals surface area contributed by atoms with Gasteiger partial charge in [-0.3, -0.25) is 0 Å². The molecule has 0 fully saturated rings. The van der Waals surface area contributed by atoms with Crippen LogP contribution in [0.15, 0.2) is 48.5 Å².